The molecule has 5 nitrogen and oxygen atoms in total. The molecule has 1 aliphatic rings. The number of ether oxygens (including phenoxy) is 2. The second-order valence-electron chi connectivity index (χ2n) is 7.36. The predicted molar refractivity (Wildman–Crippen MR) is 111 cm³/mol. The highest BCUT2D eigenvalue weighted by Gasteiger charge is 2.25. The molecular formula is C24H22F2N2O3. The smallest absolute Gasteiger partial charge is 0.253 e. The molecular weight excluding hydrogens is 402 g/mol. The number of likely N-dealkylation sites (tertiary alicyclic amines) is 1. The van der Waals surface area contributed by atoms with Crippen molar-refractivity contribution in [2.75, 3.05) is 13.1 Å². The number of rotatable bonds is 6. The third-order valence-corrected chi connectivity index (χ3v) is 5.13. The summed E-state index contributed by atoms with van der Waals surface area (Å²) >= 11 is 0. The minimum absolute atomic E-state index is 0.0321. The first kappa shape index (κ1) is 20.8. The number of amides is 1. The number of aromatic nitrogens is 1. The summed E-state index contributed by atoms with van der Waals surface area (Å²) in [5.74, 6) is -0.805. The Bertz CT molecular complexity index is 1040. The minimum Gasteiger partial charge on any atom is -0.489 e. The zero-order valence-corrected chi connectivity index (χ0v) is 16.8. The summed E-state index contributed by atoms with van der Waals surface area (Å²) in [5, 5.41) is 0. The molecule has 2 heterocycles. The highest BCUT2D eigenvalue weighted by molar-refractivity contribution is 5.94. The zero-order chi connectivity index (χ0) is 21.6. The van der Waals surface area contributed by atoms with E-state index in [0.29, 0.717) is 43.9 Å². The van der Waals surface area contributed by atoms with Crippen LogP contribution in [0.2, 0.25) is 0 Å². The summed E-state index contributed by atoms with van der Waals surface area (Å²) in [6, 6.07) is 14.1. The van der Waals surface area contributed by atoms with E-state index in [1.54, 1.807) is 35.5 Å². The summed E-state index contributed by atoms with van der Waals surface area (Å²) in [6.07, 6.45) is 4.35. The van der Waals surface area contributed by atoms with Crippen LogP contribution in [-0.2, 0) is 6.61 Å². The summed E-state index contributed by atoms with van der Waals surface area (Å²) in [7, 11) is 0. The van der Waals surface area contributed by atoms with Gasteiger partial charge in [0.25, 0.3) is 5.91 Å². The van der Waals surface area contributed by atoms with Crippen LogP contribution in [0, 0.1) is 11.6 Å². The Morgan fingerprint density at radius 3 is 2.65 bits per heavy atom. The maximum absolute atomic E-state index is 13.8. The lowest BCUT2D eigenvalue weighted by Crippen LogP contribution is -2.41. The topological polar surface area (TPSA) is 51.7 Å². The van der Waals surface area contributed by atoms with E-state index in [2.05, 4.69) is 4.98 Å². The van der Waals surface area contributed by atoms with E-state index >= 15 is 0 Å². The molecule has 0 atom stereocenters. The predicted octanol–water partition coefficient (Wildman–Crippen LogP) is 4.62. The van der Waals surface area contributed by atoms with Gasteiger partial charge < -0.3 is 14.4 Å². The molecule has 1 fully saturated rings. The largest absolute Gasteiger partial charge is 0.489 e. The first-order chi connectivity index (χ1) is 15.1. The highest BCUT2D eigenvalue weighted by Crippen LogP contribution is 2.24. The van der Waals surface area contributed by atoms with Gasteiger partial charge in [-0.15, -0.1) is 0 Å². The lowest BCUT2D eigenvalue weighted by molar-refractivity contribution is 0.0587. The van der Waals surface area contributed by atoms with Gasteiger partial charge in [0.2, 0.25) is 0 Å². The Hall–Kier alpha value is -3.48. The number of piperidine rings is 1. The molecule has 160 valence electrons. The SMILES string of the molecule is O=C(c1cccc(OCc2cccnc2)c1)N1CCC(Oc2ccc(F)cc2F)CC1. The van der Waals surface area contributed by atoms with Crippen molar-refractivity contribution in [3.8, 4) is 11.5 Å². The standard InChI is InChI=1S/C24H22F2N2O3/c25-19-6-7-23(22(26)14-19)31-20-8-11-28(12-9-20)24(29)18-4-1-5-21(13-18)30-16-17-3-2-10-27-15-17/h1-7,10,13-15,20H,8-9,11-12,16H2. The van der Waals surface area contributed by atoms with Crippen LogP contribution in [0.25, 0.3) is 0 Å². The molecule has 0 unspecified atom stereocenters. The number of carbonyl (C=O) groups is 1. The van der Waals surface area contributed by atoms with Gasteiger partial charge in [-0.3, -0.25) is 9.78 Å². The summed E-state index contributed by atoms with van der Waals surface area (Å²) < 4.78 is 38.3. The monoisotopic (exact) mass is 424 g/mol. The van der Waals surface area contributed by atoms with Gasteiger partial charge in [-0.2, -0.15) is 0 Å². The van der Waals surface area contributed by atoms with Crippen molar-refractivity contribution >= 4 is 5.91 Å². The molecule has 7 heteroatoms. The molecule has 3 aromatic rings. The Morgan fingerprint density at radius 2 is 1.90 bits per heavy atom. The quantitative estimate of drug-likeness (QED) is 0.579. The Balaban J connectivity index is 1.32. The van der Waals surface area contributed by atoms with Crippen LogP contribution in [0.1, 0.15) is 28.8 Å². The molecule has 0 bridgehead atoms. The maximum atomic E-state index is 13.8. The summed E-state index contributed by atoms with van der Waals surface area (Å²) in [5.41, 5.74) is 1.49. The summed E-state index contributed by atoms with van der Waals surface area (Å²) in [4.78, 5) is 18.7. The third kappa shape index (κ3) is 5.36. The number of hydrogen-bond acceptors (Lipinski definition) is 4. The first-order valence-electron chi connectivity index (χ1n) is 10.1. The van der Waals surface area contributed by atoms with Crippen molar-refractivity contribution in [1.82, 2.24) is 9.88 Å². The van der Waals surface area contributed by atoms with E-state index < -0.39 is 11.6 Å². The normalized spacial score (nSPS) is 14.3. The molecule has 0 radical (unpaired) electrons. The molecule has 1 aliphatic heterocycles. The number of pyridine rings is 1. The fourth-order valence-electron chi connectivity index (χ4n) is 3.48. The molecule has 4 rings (SSSR count). The van der Waals surface area contributed by atoms with Crippen LogP contribution < -0.4 is 9.47 Å². The van der Waals surface area contributed by atoms with Gasteiger partial charge in [0, 0.05) is 55.5 Å². The van der Waals surface area contributed by atoms with Gasteiger partial charge in [-0.1, -0.05) is 12.1 Å². The van der Waals surface area contributed by atoms with Crippen LogP contribution >= 0.6 is 0 Å². The number of carbonyl (C=O) groups excluding carboxylic acids is 1. The van der Waals surface area contributed by atoms with Crippen LogP contribution in [0.5, 0.6) is 11.5 Å². The highest BCUT2D eigenvalue weighted by atomic mass is 19.1. The molecule has 1 aromatic heterocycles. The average molecular weight is 424 g/mol. The van der Waals surface area contributed by atoms with E-state index in [9.17, 15) is 13.6 Å². The average Bonchev–Trinajstić information content (AvgIpc) is 2.80. The van der Waals surface area contributed by atoms with Gasteiger partial charge in [-0.05, 0) is 36.4 Å². The van der Waals surface area contributed by atoms with Gasteiger partial charge in [-0.25, -0.2) is 8.78 Å². The lowest BCUT2D eigenvalue weighted by Gasteiger charge is -2.32. The van der Waals surface area contributed by atoms with Crippen molar-refractivity contribution in [3.05, 3.63) is 89.8 Å². The van der Waals surface area contributed by atoms with Crippen molar-refractivity contribution in [1.29, 1.82) is 0 Å². The van der Waals surface area contributed by atoms with Crippen molar-refractivity contribution in [2.24, 2.45) is 0 Å². The van der Waals surface area contributed by atoms with Crippen molar-refractivity contribution in [2.45, 2.75) is 25.6 Å². The van der Waals surface area contributed by atoms with Gasteiger partial charge in [0.1, 0.15) is 24.3 Å². The number of halogens is 2. The Labute approximate surface area is 179 Å². The maximum Gasteiger partial charge on any atom is 0.253 e. The summed E-state index contributed by atoms with van der Waals surface area (Å²) in [6.45, 7) is 1.36. The molecule has 0 N–H and O–H groups in total. The van der Waals surface area contributed by atoms with Gasteiger partial charge in [0.05, 0.1) is 0 Å². The number of nitrogens with zero attached hydrogens (tertiary/aromatic N) is 2. The second-order valence-corrected chi connectivity index (χ2v) is 7.36. The van der Waals surface area contributed by atoms with Gasteiger partial charge in [0.15, 0.2) is 11.6 Å². The van der Waals surface area contributed by atoms with Crippen molar-refractivity contribution < 1.29 is 23.0 Å². The van der Waals surface area contributed by atoms with Crippen molar-refractivity contribution in [3.63, 3.8) is 0 Å². The lowest BCUT2D eigenvalue weighted by atomic mass is 10.1. The van der Waals surface area contributed by atoms with Gasteiger partial charge >= 0.3 is 0 Å². The van der Waals surface area contributed by atoms with E-state index in [0.717, 1.165) is 11.6 Å². The number of benzene rings is 2. The van der Waals surface area contributed by atoms with Crippen LogP contribution in [-0.4, -0.2) is 35.0 Å². The third-order valence-electron chi connectivity index (χ3n) is 5.13. The first-order valence-corrected chi connectivity index (χ1v) is 10.1. The van der Waals surface area contributed by atoms with E-state index in [1.165, 1.54) is 12.1 Å². The molecule has 0 saturated carbocycles. The molecule has 0 spiro atoms. The fourth-order valence-corrected chi connectivity index (χ4v) is 3.48. The van der Waals surface area contributed by atoms with Crippen LogP contribution in [0.4, 0.5) is 8.78 Å². The van der Waals surface area contributed by atoms with Crippen LogP contribution in [0.3, 0.4) is 0 Å². The zero-order valence-electron chi connectivity index (χ0n) is 16.8. The molecule has 0 aliphatic carbocycles. The Kier molecular flexibility index (Phi) is 6.40. The Morgan fingerprint density at radius 1 is 1.06 bits per heavy atom. The van der Waals surface area contributed by atoms with Crippen LogP contribution in [0.15, 0.2) is 67.0 Å². The fraction of sp³-hybridized carbons (Fsp3) is 0.250. The second kappa shape index (κ2) is 9.55. The molecule has 2 aromatic carbocycles. The molecule has 1 saturated heterocycles. The minimum atomic E-state index is -0.721. The number of hydrogen-bond donors (Lipinski definition) is 0. The van der Waals surface area contributed by atoms with E-state index in [-0.39, 0.29) is 17.8 Å². The molecule has 31 heavy (non-hydrogen) atoms. The van der Waals surface area contributed by atoms with E-state index in [1.807, 2.05) is 18.2 Å². The molecule has 1 amide bonds. The van der Waals surface area contributed by atoms with E-state index in [4.69, 9.17) is 9.47 Å².